The lowest BCUT2D eigenvalue weighted by molar-refractivity contribution is 0.0600. The van der Waals surface area contributed by atoms with Crippen molar-refractivity contribution < 1.29 is 18.7 Å². The predicted molar refractivity (Wildman–Crippen MR) is 130 cm³/mol. The molecule has 0 saturated carbocycles. The topological polar surface area (TPSA) is 98.9 Å². The van der Waals surface area contributed by atoms with E-state index in [9.17, 15) is 23.6 Å². The molecule has 8 nitrogen and oxygen atoms in total. The molecule has 2 heterocycles. The van der Waals surface area contributed by atoms with E-state index < -0.39 is 23.1 Å². The summed E-state index contributed by atoms with van der Waals surface area (Å²) < 4.78 is 20.0. The average molecular weight is 516 g/mol. The van der Waals surface area contributed by atoms with Crippen molar-refractivity contribution in [2.75, 3.05) is 7.11 Å². The highest BCUT2D eigenvalue weighted by Gasteiger charge is 2.18. The molecule has 0 aliphatic carbocycles. The zero-order chi connectivity index (χ0) is 25.3. The Morgan fingerprint density at radius 2 is 1.80 bits per heavy atom. The Balaban J connectivity index is 1.63. The number of hydrogen-bond acceptors (Lipinski definition) is 6. The monoisotopic (exact) mass is 515 g/mol. The zero-order valence-corrected chi connectivity index (χ0v) is 20.2. The standard InChI is InChI=1S/C24H19ClFN3O5S/c1-13-21(31)28(11-15-5-8-17(18(25)9-15)23(32)34-2)24(33)29-12-19(35-22(13)29)20(30)27-10-14-3-6-16(26)7-4-14/h3-9,12H,10-11H2,1-2H3,(H,27,30). The molecule has 0 radical (unpaired) electrons. The van der Waals surface area contributed by atoms with E-state index in [2.05, 4.69) is 10.1 Å². The van der Waals surface area contributed by atoms with Crippen LogP contribution in [0.3, 0.4) is 0 Å². The summed E-state index contributed by atoms with van der Waals surface area (Å²) in [6.45, 7) is 1.68. The number of rotatable bonds is 6. The molecule has 0 spiro atoms. The van der Waals surface area contributed by atoms with Crippen LogP contribution < -0.4 is 16.6 Å². The Hall–Kier alpha value is -3.76. The molecule has 11 heteroatoms. The van der Waals surface area contributed by atoms with Gasteiger partial charge in [0.2, 0.25) is 0 Å². The number of fused-ring (bicyclic) bond motifs is 1. The highest BCUT2D eigenvalue weighted by molar-refractivity contribution is 7.19. The number of benzene rings is 2. The molecule has 4 aromatic rings. The summed E-state index contributed by atoms with van der Waals surface area (Å²) in [5.74, 6) is -1.40. The van der Waals surface area contributed by atoms with Crippen molar-refractivity contribution in [1.29, 1.82) is 0 Å². The van der Waals surface area contributed by atoms with Gasteiger partial charge in [0, 0.05) is 18.3 Å². The molecule has 2 aromatic heterocycles. The lowest BCUT2D eigenvalue weighted by Crippen LogP contribution is -2.38. The third kappa shape index (κ3) is 4.89. The van der Waals surface area contributed by atoms with Crippen molar-refractivity contribution in [3.8, 4) is 0 Å². The van der Waals surface area contributed by atoms with E-state index in [4.69, 9.17) is 11.6 Å². The third-order valence-electron chi connectivity index (χ3n) is 5.37. The second kappa shape index (κ2) is 9.85. The quantitative estimate of drug-likeness (QED) is 0.397. The van der Waals surface area contributed by atoms with Crippen LogP contribution in [0, 0.1) is 12.7 Å². The number of halogens is 2. The molecule has 0 saturated heterocycles. The van der Waals surface area contributed by atoms with Gasteiger partial charge in [-0.25, -0.2) is 14.0 Å². The Labute approximate surface area is 207 Å². The summed E-state index contributed by atoms with van der Waals surface area (Å²) >= 11 is 7.19. The molecule has 0 unspecified atom stereocenters. The number of amides is 1. The van der Waals surface area contributed by atoms with Crippen molar-refractivity contribution in [2.45, 2.75) is 20.0 Å². The van der Waals surface area contributed by atoms with E-state index >= 15 is 0 Å². The first-order valence-corrected chi connectivity index (χ1v) is 11.5. The molecule has 0 bridgehead atoms. The summed E-state index contributed by atoms with van der Waals surface area (Å²) in [7, 11) is 1.24. The summed E-state index contributed by atoms with van der Waals surface area (Å²) in [4.78, 5) is 51.1. The summed E-state index contributed by atoms with van der Waals surface area (Å²) in [5, 5.41) is 2.86. The average Bonchev–Trinajstić information content (AvgIpc) is 3.30. The third-order valence-corrected chi connectivity index (χ3v) is 6.88. The number of carbonyl (C=O) groups excluding carboxylic acids is 2. The van der Waals surface area contributed by atoms with Gasteiger partial charge in [-0.1, -0.05) is 29.8 Å². The molecular weight excluding hydrogens is 497 g/mol. The molecule has 0 atom stereocenters. The van der Waals surface area contributed by atoms with Crippen molar-refractivity contribution in [3.63, 3.8) is 0 Å². The van der Waals surface area contributed by atoms with Crippen LogP contribution in [-0.4, -0.2) is 28.0 Å². The van der Waals surface area contributed by atoms with E-state index in [1.54, 1.807) is 25.1 Å². The first-order valence-electron chi connectivity index (χ1n) is 10.3. The number of ether oxygens (including phenoxy) is 1. The molecule has 4 rings (SSSR count). The van der Waals surface area contributed by atoms with Gasteiger partial charge in [-0.15, -0.1) is 11.3 Å². The van der Waals surface area contributed by atoms with Gasteiger partial charge >= 0.3 is 11.7 Å². The van der Waals surface area contributed by atoms with Crippen molar-refractivity contribution in [1.82, 2.24) is 14.3 Å². The first-order chi connectivity index (χ1) is 16.7. The van der Waals surface area contributed by atoms with Gasteiger partial charge in [0.15, 0.2) is 0 Å². The summed E-state index contributed by atoms with van der Waals surface area (Å²) in [5.41, 5.74) is 0.618. The Morgan fingerprint density at radius 3 is 2.46 bits per heavy atom. The fraction of sp³-hybridized carbons (Fsp3) is 0.167. The van der Waals surface area contributed by atoms with Gasteiger partial charge in [0.05, 0.1) is 24.2 Å². The number of carbonyl (C=O) groups is 2. The molecule has 1 N–H and O–H groups in total. The van der Waals surface area contributed by atoms with Gasteiger partial charge < -0.3 is 10.1 Å². The van der Waals surface area contributed by atoms with Gasteiger partial charge in [-0.05, 0) is 42.3 Å². The maximum atomic E-state index is 13.1. The van der Waals surface area contributed by atoms with Gasteiger partial charge in [-0.2, -0.15) is 0 Å². The van der Waals surface area contributed by atoms with Gasteiger partial charge in [-0.3, -0.25) is 18.6 Å². The normalized spacial score (nSPS) is 11.0. The zero-order valence-electron chi connectivity index (χ0n) is 18.6. The molecule has 180 valence electrons. The Morgan fingerprint density at radius 1 is 1.11 bits per heavy atom. The molecular formula is C24H19ClFN3O5S. The van der Waals surface area contributed by atoms with Crippen molar-refractivity contribution in [3.05, 3.63) is 107 Å². The number of nitrogens with one attached hydrogen (secondary N) is 1. The van der Waals surface area contributed by atoms with E-state index in [1.165, 1.54) is 42.0 Å². The molecule has 35 heavy (non-hydrogen) atoms. The maximum absolute atomic E-state index is 13.1. The van der Waals surface area contributed by atoms with Crippen molar-refractivity contribution >= 4 is 39.6 Å². The number of nitrogens with zero attached hydrogens (tertiary/aromatic N) is 2. The van der Waals surface area contributed by atoms with Crippen LogP contribution in [-0.2, 0) is 17.8 Å². The SMILES string of the molecule is COC(=O)c1ccc(Cn2c(=O)c(C)c3sc(C(=O)NCc4ccc(F)cc4)cn3c2=O)cc1Cl. The van der Waals surface area contributed by atoms with Crippen LogP contribution >= 0.6 is 22.9 Å². The predicted octanol–water partition coefficient (Wildman–Crippen LogP) is 3.39. The van der Waals surface area contributed by atoms with Crippen LogP contribution in [0.15, 0.2) is 58.3 Å². The number of thiazole rings is 1. The van der Waals surface area contributed by atoms with E-state index in [0.29, 0.717) is 21.5 Å². The highest BCUT2D eigenvalue weighted by Crippen LogP contribution is 2.21. The minimum Gasteiger partial charge on any atom is -0.465 e. The summed E-state index contributed by atoms with van der Waals surface area (Å²) in [6.07, 6.45) is 1.39. The summed E-state index contributed by atoms with van der Waals surface area (Å²) in [6, 6.07) is 10.3. The van der Waals surface area contributed by atoms with Crippen LogP contribution in [0.5, 0.6) is 0 Å². The second-order valence-corrected chi connectivity index (χ2v) is 9.12. The maximum Gasteiger partial charge on any atom is 0.339 e. The molecule has 0 aliphatic rings. The van der Waals surface area contributed by atoms with Crippen LogP contribution in [0.2, 0.25) is 5.02 Å². The molecule has 0 fully saturated rings. The molecule has 0 aliphatic heterocycles. The first kappa shape index (κ1) is 24.4. The highest BCUT2D eigenvalue weighted by atomic mass is 35.5. The molecule has 2 aromatic carbocycles. The van der Waals surface area contributed by atoms with Crippen LogP contribution in [0.25, 0.3) is 4.83 Å². The Bertz CT molecular complexity index is 1570. The number of aromatic nitrogens is 2. The largest absolute Gasteiger partial charge is 0.465 e. The fourth-order valence-corrected chi connectivity index (χ4v) is 4.78. The Kier molecular flexibility index (Phi) is 6.86. The fourth-order valence-electron chi connectivity index (χ4n) is 3.50. The smallest absolute Gasteiger partial charge is 0.339 e. The number of hydrogen-bond donors (Lipinski definition) is 1. The number of esters is 1. The van der Waals surface area contributed by atoms with Gasteiger partial charge in [0.1, 0.15) is 15.5 Å². The van der Waals surface area contributed by atoms with Crippen molar-refractivity contribution in [2.24, 2.45) is 0 Å². The minimum absolute atomic E-state index is 0.0788. The minimum atomic E-state index is -0.613. The molecule has 1 amide bonds. The van der Waals surface area contributed by atoms with E-state index in [1.807, 2.05) is 0 Å². The second-order valence-electron chi connectivity index (χ2n) is 7.68. The van der Waals surface area contributed by atoms with Gasteiger partial charge in [0.25, 0.3) is 11.5 Å². The van der Waals surface area contributed by atoms with E-state index in [0.717, 1.165) is 15.9 Å². The van der Waals surface area contributed by atoms with E-state index in [-0.39, 0.29) is 34.4 Å². The lowest BCUT2D eigenvalue weighted by Gasteiger charge is -2.09. The van der Waals surface area contributed by atoms with Crippen LogP contribution in [0.4, 0.5) is 4.39 Å². The lowest BCUT2D eigenvalue weighted by atomic mass is 10.1. The number of aryl methyl sites for hydroxylation is 1. The number of methoxy groups -OCH3 is 1. The van der Waals surface area contributed by atoms with Crippen LogP contribution in [0.1, 0.15) is 36.7 Å².